The molecule has 0 saturated carbocycles. The second-order valence-electron chi connectivity index (χ2n) is 4.07. The number of amidine groups is 1. The predicted molar refractivity (Wildman–Crippen MR) is 51.8 cm³/mol. The Morgan fingerprint density at radius 1 is 1.33 bits per heavy atom. The fraction of sp³-hybridized carbons (Fsp3) is 0.889. The second-order valence-corrected chi connectivity index (χ2v) is 4.07. The summed E-state index contributed by atoms with van der Waals surface area (Å²) >= 11 is 0. The summed E-state index contributed by atoms with van der Waals surface area (Å²) in [5, 5.41) is 7.23. The summed E-state index contributed by atoms with van der Waals surface area (Å²) < 4.78 is 39.4. The monoisotopic (exact) mass is 226 g/mol. The van der Waals surface area contributed by atoms with Gasteiger partial charge in [0.05, 0.1) is 5.84 Å². The average molecular weight is 226 g/mol. The fourth-order valence-corrected chi connectivity index (χ4v) is 0.939. The quantitative estimate of drug-likeness (QED) is 0.415. The smallest absolute Gasteiger partial charge is 0.387 e. The van der Waals surface area contributed by atoms with Crippen molar-refractivity contribution in [3.8, 4) is 0 Å². The molecule has 0 aromatic carbocycles. The van der Waals surface area contributed by atoms with Crippen LogP contribution in [-0.4, -0.2) is 25.2 Å². The van der Waals surface area contributed by atoms with E-state index in [4.69, 9.17) is 11.1 Å². The van der Waals surface area contributed by atoms with Gasteiger partial charge in [-0.15, -0.1) is 0 Å². The zero-order chi connectivity index (χ0) is 12.1. The summed E-state index contributed by atoms with van der Waals surface area (Å²) in [6, 6.07) is 0. The van der Waals surface area contributed by atoms with Gasteiger partial charge in [0.15, 0.2) is 0 Å². The summed E-state index contributed by atoms with van der Waals surface area (Å²) in [5.41, 5.74) is 4.85. The Labute approximate surface area is 87.3 Å². The molecule has 0 aromatic rings. The molecule has 0 rings (SSSR count). The van der Waals surface area contributed by atoms with E-state index in [-0.39, 0.29) is 12.4 Å². The lowest BCUT2D eigenvalue weighted by molar-refractivity contribution is -0.174. The minimum absolute atomic E-state index is 0.0379. The Morgan fingerprint density at radius 3 is 2.27 bits per heavy atom. The van der Waals surface area contributed by atoms with Gasteiger partial charge in [-0.05, 0) is 12.8 Å². The Bertz CT molecular complexity index is 214. The number of ether oxygens (including phenoxy) is 1. The van der Waals surface area contributed by atoms with Crippen LogP contribution in [0.1, 0.15) is 26.7 Å². The molecule has 0 saturated heterocycles. The van der Waals surface area contributed by atoms with Crippen LogP contribution in [0.4, 0.5) is 13.2 Å². The van der Waals surface area contributed by atoms with E-state index in [1.165, 1.54) is 0 Å². The summed E-state index contributed by atoms with van der Waals surface area (Å²) in [6.45, 7) is 2.38. The lowest BCUT2D eigenvalue weighted by Crippen LogP contribution is -2.31. The summed E-state index contributed by atoms with van der Waals surface area (Å²) in [7, 11) is 0. The van der Waals surface area contributed by atoms with Crippen molar-refractivity contribution in [2.45, 2.75) is 32.9 Å². The van der Waals surface area contributed by atoms with Gasteiger partial charge in [0.2, 0.25) is 0 Å². The van der Waals surface area contributed by atoms with Crippen LogP contribution >= 0.6 is 0 Å². The van der Waals surface area contributed by atoms with Crippen LogP contribution in [0, 0.1) is 10.8 Å². The Balaban J connectivity index is 3.60. The van der Waals surface area contributed by atoms with E-state index in [2.05, 4.69) is 4.74 Å². The first-order valence-electron chi connectivity index (χ1n) is 4.64. The molecule has 0 atom stereocenters. The number of nitrogens with two attached hydrogens (primary N) is 1. The van der Waals surface area contributed by atoms with Gasteiger partial charge < -0.3 is 10.5 Å². The Morgan fingerprint density at radius 2 is 1.87 bits per heavy atom. The third-order valence-corrected chi connectivity index (χ3v) is 2.09. The van der Waals surface area contributed by atoms with E-state index in [1.807, 2.05) is 0 Å². The third-order valence-electron chi connectivity index (χ3n) is 2.09. The average Bonchev–Trinajstić information content (AvgIpc) is 2.00. The molecule has 0 aliphatic heterocycles. The SMILES string of the molecule is CC(C)(CCCOCC(F)(F)F)C(=N)N. The molecule has 0 unspecified atom stereocenters. The summed E-state index contributed by atoms with van der Waals surface area (Å²) in [5.74, 6) is 0.0401. The van der Waals surface area contributed by atoms with Crippen LogP contribution in [-0.2, 0) is 4.74 Å². The molecule has 15 heavy (non-hydrogen) atoms. The molecule has 0 aliphatic rings. The van der Waals surface area contributed by atoms with Gasteiger partial charge in [-0.3, -0.25) is 5.41 Å². The van der Waals surface area contributed by atoms with Gasteiger partial charge in [0, 0.05) is 12.0 Å². The van der Waals surface area contributed by atoms with Crippen LogP contribution in [0.15, 0.2) is 0 Å². The zero-order valence-corrected chi connectivity index (χ0v) is 8.95. The number of halogens is 3. The van der Waals surface area contributed by atoms with Crippen molar-refractivity contribution < 1.29 is 17.9 Å². The van der Waals surface area contributed by atoms with Crippen molar-refractivity contribution in [1.29, 1.82) is 5.41 Å². The molecule has 0 heterocycles. The normalized spacial score (nSPS) is 12.9. The molecule has 0 radical (unpaired) electrons. The molecule has 0 aliphatic carbocycles. The highest BCUT2D eigenvalue weighted by atomic mass is 19.4. The van der Waals surface area contributed by atoms with Crippen molar-refractivity contribution in [3.63, 3.8) is 0 Å². The Kier molecular flexibility index (Phi) is 5.07. The van der Waals surface area contributed by atoms with Crippen LogP contribution in [0.25, 0.3) is 0 Å². The minimum Gasteiger partial charge on any atom is -0.387 e. The van der Waals surface area contributed by atoms with Gasteiger partial charge in [0.1, 0.15) is 6.61 Å². The van der Waals surface area contributed by atoms with E-state index in [0.717, 1.165) is 0 Å². The van der Waals surface area contributed by atoms with Gasteiger partial charge in [-0.25, -0.2) is 0 Å². The number of rotatable bonds is 6. The first kappa shape index (κ1) is 14.2. The maximum atomic E-state index is 11.7. The first-order valence-corrected chi connectivity index (χ1v) is 4.64. The predicted octanol–water partition coefficient (Wildman–Crippen LogP) is 2.31. The lowest BCUT2D eigenvalue weighted by Gasteiger charge is -2.22. The number of hydrogen-bond acceptors (Lipinski definition) is 2. The largest absolute Gasteiger partial charge is 0.411 e. The fourth-order valence-electron chi connectivity index (χ4n) is 0.939. The van der Waals surface area contributed by atoms with E-state index >= 15 is 0 Å². The van der Waals surface area contributed by atoms with Crippen molar-refractivity contribution in [2.75, 3.05) is 13.2 Å². The molecule has 90 valence electrons. The van der Waals surface area contributed by atoms with Crippen LogP contribution in [0.2, 0.25) is 0 Å². The van der Waals surface area contributed by atoms with Gasteiger partial charge >= 0.3 is 6.18 Å². The molecule has 3 N–H and O–H groups in total. The number of hydrogen-bond donors (Lipinski definition) is 2. The number of nitrogens with one attached hydrogen (secondary N) is 1. The van der Waals surface area contributed by atoms with E-state index < -0.39 is 18.2 Å². The Hall–Kier alpha value is -0.780. The van der Waals surface area contributed by atoms with E-state index in [0.29, 0.717) is 12.8 Å². The molecular weight excluding hydrogens is 209 g/mol. The lowest BCUT2D eigenvalue weighted by atomic mass is 9.87. The maximum Gasteiger partial charge on any atom is 0.411 e. The van der Waals surface area contributed by atoms with Gasteiger partial charge in [-0.2, -0.15) is 13.2 Å². The van der Waals surface area contributed by atoms with Gasteiger partial charge in [-0.1, -0.05) is 13.8 Å². The topological polar surface area (TPSA) is 59.1 Å². The molecule has 6 heteroatoms. The number of alkyl halides is 3. The second kappa shape index (κ2) is 5.34. The molecule has 0 fully saturated rings. The first-order chi connectivity index (χ1) is 6.65. The van der Waals surface area contributed by atoms with Crippen molar-refractivity contribution in [2.24, 2.45) is 11.1 Å². The van der Waals surface area contributed by atoms with Crippen LogP contribution < -0.4 is 5.73 Å². The highest BCUT2D eigenvalue weighted by molar-refractivity contribution is 5.82. The maximum absolute atomic E-state index is 11.7. The molecule has 0 spiro atoms. The highest BCUT2D eigenvalue weighted by Crippen LogP contribution is 2.22. The van der Waals surface area contributed by atoms with Crippen molar-refractivity contribution in [1.82, 2.24) is 0 Å². The van der Waals surface area contributed by atoms with E-state index in [1.54, 1.807) is 13.8 Å². The van der Waals surface area contributed by atoms with Crippen LogP contribution in [0.3, 0.4) is 0 Å². The zero-order valence-electron chi connectivity index (χ0n) is 8.95. The minimum atomic E-state index is -4.27. The standard InChI is InChI=1S/C9H17F3N2O/c1-8(2,7(13)14)4-3-5-15-6-9(10,11)12/h3-6H2,1-2H3,(H3,13,14). The molecule has 0 aromatic heterocycles. The molecule has 0 bridgehead atoms. The summed E-state index contributed by atoms with van der Waals surface area (Å²) in [4.78, 5) is 0. The third kappa shape index (κ3) is 7.18. The highest BCUT2D eigenvalue weighted by Gasteiger charge is 2.27. The van der Waals surface area contributed by atoms with Gasteiger partial charge in [0.25, 0.3) is 0 Å². The van der Waals surface area contributed by atoms with Crippen molar-refractivity contribution >= 4 is 5.84 Å². The molecule has 0 amide bonds. The molecular formula is C9H17F3N2O. The summed E-state index contributed by atoms with van der Waals surface area (Å²) in [6.07, 6.45) is -3.26. The van der Waals surface area contributed by atoms with Crippen LogP contribution in [0.5, 0.6) is 0 Å². The molecule has 3 nitrogen and oxygen atoms in total. The van der Waals surface area contributed by atoms with E-state index in [9.17, 15) is 13.2 Å². The van der Waals surface area contributed by atoms with Crippen molar-refractivity contribution in [3.05, 3.63) is 0 Å².